The zero-order valence-electron chi connectivity index (χ0n) is 26.7. The number of aromatic nitrogens is 3. The van der Waals surface area contributed by atoms with Crippen LogP contribution in [0, 0.1) is 5.92 Å². The van der Waals surface area contributed by atoms with Gasteiger partial charge < -0.3 is 20.3 Å². The Labute approximate surface area is 278 Å². The summed E-state index contributed by atoms with van der Waals surface area (Å²) in [5, 5.41) is 33.6. The number of carbonyl (C=O) groups is 2. The maximum absolute atomic E-state index is 14.1. The van der Waals surface area contributed by atoms with Gasteiger partial charge in [0.15, 0.2) is 5.60 Å². The van der Waals surface area contributed by atoms with Crippen molar-refractivity contribution >= 4 is 28.9 Å². The number of ether oxygens (including phenoxy) is 1. The van der Waals surface area contributed by atoms with E-state index in [9.17, 15) is 19.8 Å². The Morgan fingerprint density at radius 1 is 1.00 bits per heavy atom. The van der Waals surface area contributed by atoms with Crippen LogP contribution in [0.3, 0.4) is 0 Å². The Kier molecular flexibility index (Phi) is 9.47. The molecule has 1 unspecified atom stereocenters. The van der Waals surface area contributed by atoms with E-state index >= 15 is 0 Å². The number of hydrogen-bond acceptors (Lipinski definition) is 7. The second-order valence-electron chi connectivity index (χ2n) is 11.7. The number of allylic oxidation sites excluding steroid dienone is 1. The van der Waals surface area contributed by atoms with Gasteiger partial charge in [0.1, 0.15) is 5.75 Å². The van der Waals surface area contributed by atoms with Gasteiger partial charge in [-0.05, 0) is 66.6 Å². The van der Waals surface area contributed by atoms with Crippen molar-refractivity contribution in [3.8, 4) is 5.75 Å². The van der Waals surface area contributed by atoms with Crippen molar-refractivity contribution in [2.75, 3.05) is 23.9 Å². The van der Waals surface area contributed by atoms with E-state index in [1.165, 1.54) is 4.90 Å². The van der Waals surface area contributed by atoms with Gasteiger partial charge in [-0.25, -0.2) is 0 Å². The van der Waals surface area contributed by atoms with Crippen LogP contribution in [-0.2, 0) is 16.9 Å². The van der Waals surface area contributed by atoms with Crippen molar-refractivity contribution in [2.45, 2.75) is 31.4 Å². The number of carbonyl (C=O) groups excluding carboxylic acids is 2. The first-order valence-corrected chi connectivity index (χ1v) is 15.8. The summed E-state index contributed by atoms with van der Waals surface area (Å²) < 4.78 is 6.91. The van der Waals surface area contributed by atoms with Gasteiger partial charge in [-0.3, -0.25) is 19.2 Å². The third kappa shape index (κ3) is 6.35. The lowest BCUT2D eigenvalue weighted by Crippen LogP contribution is -2.42. The lowest BCUT2D eigenvalue weighted by molar-refractivity contribution is -0.138. The topological polar surface area (TPSA) is 130 Å². The Hall–Kier alpha value is -5.58. The molecule has 1 aliphatic heterocycles. The number of nitrogens with one attached hydrogen (secondary N) is 1. The van der Waals surface area contributed by atoms with E-state index in [1.54, 1.807) is 61.2 Å². The first-order valence-electron chi connectivity index (χ1n) is 15.8. The molecule has 4 aromatic carbocycles. The average molecular weight is 644 g/mol. The summed E-state index contributed by atoms with van der Waals surface area (Å²) in [6, 6.07) is 30.7. The summed E-state index contributed by atoms with van der Waals surface area (Å²) in [6.07, 6.45) is 6.14. The number of aliphatic hydroxyl groups excluding tert-OH is 1. The minimum Gasteiger partial charge on any atom is -0.497 e. The highest BCUT2D eigenvalue weighted by Crippen LogP contribution is 2.49. The van der Waals surface area contributed by atoms with Crippen molar-refractivity contribution in [2.24, 2.45) is 5.92 Å². The molecule has 2 heterocycles. The van der Waals surface area contributed by atoms with E-state index in [2.05, 4.69) is 15.6 Å². The third-order valence-electron chi connectivity index (χ3n) is 8.71. The fourth-order valence-corrected chi connectivity index (χ4v) is 6.01. The molecule has 1 aromatic heterocycles. The van der Waals surface area contributed by atoms with Crippen LogP contribution in [0.2, 0.25) is 0 Å². The summed E-state index contributed by atoms with van der Waals surface area (Å²) in [4.78, 5) is 28.7. The van der Waals surface area contributed by atoms with Crippen LogP contribution in [0.5, 0.6) is 5.75 Å². The molecule has 48 heavy (non-hydrogen) atoms. The number of aliphatic hydroxyl groups is 2. The van der Waals surface area contributed by atoms with Crippen molar-refractivity contribution < 1.29 is 24.5 Å². The van der Waals surface area contributed by atoms with E-state index in [0.717, 1.165) is 5.56 Å². The molecular weight excluding hydrogens is 606 g/mol. The quantitative estimate of drug-likeness (QED) is 0.146. The SMILES string of the molecule is COc1ccc(C(=O)Nc2ccc3c(c2)[C@](O)([C@@H](C)/C=C/CCn2cc(C(CO)c4ccccc4)nn2)C(=O)N3c2ccccc2)cc1. The minimum atomic E-state index is -1.90. The van der Waals surface area contributed by atoms with Gasteiger partial charge in [0.05, 0.1) is 31.0 Å². The molecule has 0 saturated heterocycles. The fraction of sp³-hybridized carbons (Fsp3) is 0.211. The Balaban J connectivity index is 1.21. The highest BCUT2D eigenvalue weighted by Gasteiger charge is 2.53. The number of aryl methyl sites for hydroxylation is 1. The van der Waals surface area contributed by atoms with E-state index < -0.39 is 17.4 Å². The van der Waals surface area contributed by atoms with E-state index in [1.807, 2.05) is 79.0 Å². The molecule has 3 atom stereocenters. The first-order chi connectivity index (χ1) is 23.3. The van der Waals surface area contributed by atoms with Gasteiger partial charge in [-0.1, -0.05) is 72.8 Å². The normalized spacial score (nSPS) is 16.9. The number of benzene rings is 4. The molecule has 0 bridgehead atoms. The maximum atomic E-state index is 14.1. The number of amides is 2. The van der Waals surface area contributed by atoms with Gasteiger partial charge in [0.25, 0.3) is 11.8 Å². The summed E-state index contributed by atoms with van der Waals surface area (Å²) in [5.41, 5.74) is 2.21. The number of methoxy groups -OCH3 is 1. The van der Waals surface area contributed by atoms with Crippen LogP contribution in [0.15, 0.2) is 121 Å². The standard InChI is InChI=1S/C38H37N5O5/c1-26(11-9-10-22-42-24-34(40-41-42)32(25-44)27-12-5-3-6-13-27)38(47)33-23-29(39-36(45)28-16-19-31(48-2)20-17-28)18-21-35(33)43(37(38)46)30-14-7-4-8-15-30/h3-9,11-21,23-24,26,32,44,47H,10,22,25H2,1-2H3,(H,39,45)/b11-9+/t26-,32?,38+/m0/s1. The third-order valence-corrected chi connectivity index (χ3v) is 8.71. The molecule has 6 rings (SSSR count). The van der Waals surface area contributed by atoms with Crippen LogP contribution in [0.25, 0.3) is 0 Å². The summed E-state index contributed by atoms with van der Waals surface area (Å²) >= 11 is 0. The second-order valence-corrected chi connectivity index (χ2v) is 11.7. The van der Waals surface area contributed by atoms with Gasteiger partial charge in [0.2, 0.25) is 0 Å². The number of hydrogen-bond donors (Lipinski definition) is 3. The minimum absolute atomic E-state index is 0.0823. The molecule has 244 valence electrons. The predicted octanol–water partition coefficient (Wildman–Crippen LogP) is 5.81. The molecule has 0 fully saturated rings. The molecule has 3 N–H and O–H groups in total. The molecule has 0 aliphatic carbocycles. The largest absolute Gasteiger partial charge is 0.497 e. The van der Waals surface area contributed by atoms with E-state index in [0.29, 0.717) is 52.6 Å². The van der Waals surface area contributed by atoms with Crippen LogP contribution in [0.1, 0.15) is 46.4 Å². The Bertz CT molecular complexity index is 1910. The molecular formula is C38H37N5O5. The maximum Gasteiger partial charge on any atom is 0.268 e. The lowest BCUT2D eigenvalue weighted by Gasteiger charge is -2.27. The molecule has 10 heteroatoms. The van der Waals surface area contributed by atoms with Gasteiger partial charge >= 0.3 is 0 Å². The van der Waals surface area contributed by atoms with Crippen LogP contribution < -0.4 is 15.0 Å². The number of anilines is 3. The van der Waals surface area contributed by atoms with Crippen molar-refractivity contribution in [1.29, 1.82) is 0 Å². The summed E-state index contributed by atoms with van der Waals surface area (Å²) in [7, 11) is 1.56. The Morgan fingerprint density at radius 3 is 2.40 bits per heavy atom. The number of fused-ring (bicyclic) bond motifs is 1. The zero-order valence-corrected chi connectivity index (χ0v) is 26.7. The summed E-state index contributed by atoms with van der Waals surface area (Å²) in [6.45, 7) is 2.24. The van der Waals surface area contributed by atoms with Crippen molar-refractivity contribution in [1.82, 2.24) is 15.0 Å². The number of rotatable bonds is 12. The van der Waals surface area contributed by atoms with Crippen molar-refractivity contribution in [3.05, 3.63) is 144 Å². The molecule has 0 spiro atoms. The Morgan fingerprint density at radius 2 is 1.71 bits per heavy atom. The first kappa shape index (κ1) is 32.4. The number of para-hydroxylation sites is 1. The van der Waals surface area contributed by atoms with Crippen LogP contribution in [0.4, 0.5) is 17.1 Å². The highest BCUT2D eigenvalue weighted by atomic mass is 16.5. The van der Waals surface area contributed by atoms with E-state index in [4.69, 9.17) is 4.74 Å². The molecule has 0 radical (unpaired) electrons. The molecule has 1 aliphatic rings. The predicted molar refractivity (Wildman–Crippen MR) is 183 cm³/mol. The fourth-order valence-electron chi connectivity index (χ4n) is 6.01. The number of nitrogens with zero attached hydrogens (tertiary/aromatic N) is 4. The smallest absolute Gasteiger partial charge is 0.268 e. The lowest BCUT2D eigenvalue weighted by atomic mass is 9.82. The second kappa shape index (κ2) is 14.0. The molecule has 10 nitrogen and oxygen atoms in total. The van der Waals surface area contributed by atoms with E-state index in [-0.39, 0.29) is 18.4 Å². The zero-order chi connectivity index (χ0) is 33.7. The highest BCUT2D eigenvalue weighted by molar-refractivity contribution is 6.13. The molecule has 5 aromatic rings. The van der Waals surface area contributed by atoms with Crippen LogP contribution in [-0.4, -0.2) is 50.7 Å². The molecule has 2 amide bonds. The monoisotopic (exact) mass is 643 g/mol. The van der Waals surface area contributed by atoms with Gasteiger partial charge in [-0.15, -0.1) is 5.10 Å². The average Bonchev–Trinajstić information content (AvgIpc) is 3.68. The summed E-state index contributed by atoms with van der Waals surface area (Å²) in [5.74, 6) is -1.05. The molecule has 0 saturated carbocycles. The van der Waals surface area contributed by atoms with Crippen molar-refractivity contribution in [3.63, 3.8) is 0 Å². The van der Waals surface area contributed by atoms with Crippen LogP contribution >= 0.6 is 0 Å². The van der Waals surface area contributed by atoms with Gasteiger partial charge in [0, 0.05) is 41.2 Å². The van der Waals surface area contributed by atoms with Gasteiger partial charge in [-0.2, -0.15) is 0 Å².